The fourth-order valence-electron chi connectivity index (χ4n) is 4.91. The van der Waals surface area contributed by atoms with Gasteiger partial charge in [-0.15, -0.1) is 0 Å². The van der Waals surface area contributed by atoms with E-state index in [-0.39, 0.29) is 24.0 Å². The quantitative estimate of drug-likeness (QED) is 0.793. The molecule has 0 spiro atoms. The second-order valence-corrected chi connectivity index (χ2v) is 7.99. The molecule has 4 heterocycles. The minimum absolute atomic E-state index is 0.0728. The minimum atomic E-state index is 0.0728. The first kappa shape index (κ1) is 17.0. The van der Waals surface area contributed by atoms with Crippen LogP contribution in [0.25, 0.3) is 0 Å². The van der Waals surface area contributed by atoms with Gasteiger partial charge in [0.15, 0.2) is 0 Å². The van der Waals surface area contributed by atoms with Crippen LogP contribution < -0.4 is 5.32 Å². The summed E-state index contributed by atoms with van der Waals surface area (Å²) in [5.74, 6) is 2.03. The molecule has 4 aliphatic heterocycles. The van der Waals surface area contributed by atoms with Gasteiger partial charge in [-0.2, -0.15) is 5.10 Å². The molecule has 6 unspecified atom stereocenters. The van der Waals surface area contributed by atoms with Crippen molar-refractivity contribution in [3.05, 3.63) is 0 Å². The molecule has 25 heavy (non-hydrogen) atoms. The van der Waals surface area contributed by atoms with Crippen molar-refractivity contribution >= 4 is 18.0 Å². The summed E-state index contributed by atoms with van der Waals surface area (Å²) in [5.41, 5.74) is 0. The average molecular weight is 347 g/mol. The number of nitrogens with zero attached hydrogens (tertiary/aromatic N) is 4. The van der Waals surface area contributed by atoms with Gasteiger partial charge in [-0.3, -0.25) is 19.7 Å². The van der Waals surface area contributed by atoms with E-state index in [2.05, 4.69) is 28.5 Å². The third-order valence-corrected chi connectivity index (χ3v) is 6.28. The first-order valence-corrected chi connectivity index (χ1v) is 9.45. The highest BCUT2D eigenvalue weighted by Crippen LogP contribution is 2.36. The summed E-state index contributed by atoms with van der Waals surface area (Å²) in [5, 5.41) is 10.2. The van der Waals surface area contributed by atoms with Crippen molar-refractivity contribution < 1.29 is 9.53 Å². The molecule has 4 rings (SSSR count). The number of nitrogens with one attached hydrogen (secondary N) is 1. The smallest absolute Gasteiger partial charge is 0.233 e. The van der Waals surface area contributed by atoms with Gasteiger partial charge >= 0.3 is 0 Å². The van der Waals surface area contributed by atoms with E-state index in [1.165, 1.54) is 0 Å². The van der Waals surface area contributed by atoms with E-state index < -0.39 is 0 Å². The molecule has 0 aliphatic carbocycles. The number of hydrogen-bond acceptors (Lipinski definition) is 6. The van der Waals surface area contributed by atoms with Gasteiger partial charge in [0.1, 0.15) is 5.84 Å². The number of methoxy groups -OCH3 is 1. The fourth-order valence-corrected chi connectivity index (χ4v) is 4.91. The molecule has 0 aromatic rings. The van der Waals surface area contributed by atoms with Gasteiger partial charge in [0.25, 0.3) is 0 Å². The Hall–Kier alpha value is -1.47. The Bertz CT molecular complexity index is 592. The van der Waals surface area contributed by atoms with Gasteiger partial charge in [-0.05, 0) is 18.8 Å². The molecule has 4 aliphatic rings. The molecular weight excluding hydrogens is 318 g/mol. The first-order chi connectivity index (χ1) is 12.1. The summed E-state index contributed by atoms with van der Waals surface area (Å²) in [6.07, 6.45) is 5.21. The summed E-state index contributed by atoms with van der Waals surface area (Å²) in [7, 11) is 3.73. The second-order valence-electron chi connectivity index (χ2n) is 7.99. The lowest BCUT2D eigenvalue weighted by molar-refractivity contribution is -0.130. The molecule has 0 bridgehead atoms. The maximum atomic E-state index is 13.0. The lowest BCUT2D eigenvalue weighted by Gasteiger charge is -2.40. The van der Waals surface area contributed by atoms with Crippen molar-refractivity contribution in [1.82, 2.24) is 15.2 Å². The molecule has 2 saturated heterocycles. The monoisotopic (exact) mass is 347 g/mol. The van der Waals surface area contributed by atoms with Crippen LogP contribution in [0, 0.1) is 17.8 Å². The van der Waals surface area contributed by atoms with E-state index in [0.717, 1.165) is 44.7 Å². The standard InChI is InChI=1S/C18H29N5O2/c1-11-6-14(12-7-13(25-3)9-19-8-12)20-15-10-23(18(24)17(11)15)16-4-5-22(2)21-16/h8,11-15,17,20H,4-7,9-10H2,1-3H3. The zero-order valence-electron chi connectivity index (χ0n) is 15.4. The normalized spacial score (nSPS) is 41.2. The van der Waals surface area contributed by atoms with Crippen molar-refractivity contribution in [2.24, 2.45) is 27.8 Å². The zero-order chi connectivity index (χ0) is 17.6. The van der Waals surface area contributed by atoms with Gasteiger partial charge in [0.05, 0.1) is 18.6 Å². The first-order valence-electron chi connectivity index (χ1n) is 9.45. The Morgan fingerprint density at radius 1 is 1.32 bits per heavy atom. The molecule has 7 heteroatoms. The van der Waals surface area contributed by atoms with Crippen molar-refractivity contribution in [3.63, 3.8) is 0 Å². The molecule has 0 radical (unpaired) electrons. The van der Waals surface area contributed by atoms with Gasteiger partial charge in [0, 0.05) is 57.9 Å². The van der Waals surface area contributed by atoms with Gasteiger partial charge in [-0.1, -0.05) is 6.92 Å². The van der Waals surface area contributed by atoms with Crippen LogP contribution in [-0.2, 0) is 9.53 Å². The van der Waals surface area contributed by atoms with E-state index in [0.29, 0.717) is 17.9 Å². The predicted octanol–water partition coefficient (Wildman–Crippen LogP) is 0.566. The maximum absolute atomic E-state index is 13.0. The number of fused-ring (bicyclic) bond motifs is 1. The van der Waals surface area contributed by atoms with Gasteiger partial charge < -0.3 is 10.1 Å². The number of amides is 1. The number of piperidine rings is 1. The highest BCUT2D eigenvalue weighted by molar-refractivity contribution is 6.01. The summed E-state index contributed by atoms with van der Waals surface area (Å²) < 4.78 is 5.51. The predicted molar refractivity (Wildman–Crippen MR) is 96.6 cm³/mol. The van der Waals surface area contributed by atoms with Crippen LogP contribution in [0.3, 0.4) is 0 Å². The van der Waals surface area contributed by atoms with Crippen LogP contribution in [0.5, 0.6) is 0 Å². The molecule has 1 amide bonds. The molecular formula is C18H29N5O2. The van der Waals surface area contributed by atoms with Gasteiger partial charge in [-0.25, -0.2) is 0 Å². The van der Waals surface area contributed by atoms with Crippen molar-refractivity contribution in [2.75, 3.05) is 33.8 Å². The number of likely N-dealkylation sites (tertiary alicyclic amines) is 1. The SMILES string of the molecule is COC1CN=CC(C2CC(C)C3C(=O)N(C4=NN(C)CC4)CC3N2)C1. The van der Waals surface area contributed by atoms with E-state index in [9.17, 15) is 4.79 Å². The number of carbonyl (C=O) groups is 1. The molecule has 2 fully saturated rings. The van der Waals surface area contributed by atoms with E-state index in [4.69, 9.17) is 4.74 Å². The largest absolute Gasteiger partial charge is 0.380 e. The van der Waals surface area contributed by atoms with Crippen molar-refractivity contribution in [3.8, 4) is 0 Å². The van der Waals surface area contributed by atoms with E-state index in [1.54, 1.807) is 7.11 Å². The number of hydrogen-bond donors (Lipinski definition) is 1. The number of ether oxygens (including phenoxy) is 1. The number of carbonyl (C=O) groups excluding carboxylic acids is 1. The van der Waals surface area contributed by atoms with Crippen LogP contribution in [0.15, 0.2) is 10.1 Å². The molecule has 0 saturated carbocycles. The molecule has 7 nitrogen and oxygen atoms in total. The van der Waals surface area contributed by atoms with Crippen LogP contribution in [0.4, 0.5) is 0 Å². The Labute approximate surface area is 149 Å². The lowest BCUT2D eigenvalue weighted by atomic mass is 9.76. The Balaban J connectivity index is 1.47. The number of amidine groups is 1. The highest BCUT2D eigenvalue weighted by atomic mass is 16.5. The third kappa shape index (κ3) is 3.08. The molecule has 1 N–H and O–H groups in total. The zero-order valence-corrected chi connectivity index (χ0v) is 15.4. The van der Waals surface area contributed by atoms with Crippen LogP contribution >= 0.6 is 0 Å². The lowest BCUT2D eigenvalue weighted by Crippen LogP contribution is -2.55. The van der Waals surface area contributed by atoms with Crippen LogP contribution in [0.1, 0.15) is 26.2 Å². The third-order valence-electron chi connectivity index (χ3n) is 6.28. The molecule has 138 valence electrons. The topological polar surface area (TPSA) is 69.5 Å². The summed E-state index contributed by atoms with van der Waals surface area (Å²) in [4.78, 5) is 19.4. The Morgan fingerprint density at radius 2 is 2.16 bits per heavy atom. The van der Waals surface area contributed by atoms with Crippen LogP contribution in [-0.4, -0.2) is 79.8 Å². The van der Waals surface area contributed by atoms with Crippen molar-refractivity contribution in [2.45, 2.75) is 44.4 Å². The van der Waals surface area contributed by atoms with E-state index in [1.807, 2.05) is 17.0 Å². The highest BCUT2D eigenvalue weighted by Gasteiger charge is 2.50. The van der Waals surface area contributed by atoms with Crippen LogP contribution in [0.2, 0.25) is 0 Å². The van der Waals surface area contributed by atoms with Crippen molar-refractivity contribution in [1.29, 1.82) is 0 Å². The minimum Gasteiger partial charge on any atom is -0.380 e. The number of aliphatic imine (C=N–C) groups is 1. The Morgan fingerprint density at radius 3 is 2.88 bits per heavy atom. The number of rotatable bonds is 2. The Kier molecular flexibility index (Phi) is 4.54. The molecule has 6 atom stereocenters. The fraction of sp³-hybridized carbons (Fsp3) is 0.833. The average Bonchev–Trinajstić information content (AvgIpc) is 3.18. The molecule has 0 aromatic carbocycles. The van der Waals surface area contributed by atoms with Gasteiger partial charge in [0.2, 0.25) is 5.91 Å². The summed E-state index contributed by atoms with van der Waals surface area (Å²) >= 11 is 0. The van der Waals surface area contributed by atoms with E-state index >= 15 is 0 Å². The summed E-state index contributed by atoms with van der Waals surface area (Å²) in [6.45, 7) is 4.63. The summed E-state index contributed by atoms with van der Waals surface area (Å²) in [6, 6.07) is 0.588. The molecule has 0 aromatic heterocycles. The number of hydrazone groups is 1. The second kappa shape index (κ2) is 6.68. The maximum Gasteiger partial charge on any atom is 0.233 e.